The molecule has 0 aromatic heterocycles. The summed E-state index contributed by atoms with van der Waals surface area (Å²) in [6.45, 7) is 1.37. The van der Waals surface area contributed by atoms with E-state index in [1.807, 2.05) is 0 Å². The molecule has 0 aliphatic heterocycles. The van der Waals surface area contributed by atoms with Crippen LogP contribution in [0.25, 0.3) is 11.1 Å². The first-order valence-corrected chi connectivity index (χ1v) is 8.02. The molecule has 0 atom stereocenters. The third-order valence-electron chi connectivity index (χ3n) is 3.99. The summed E-state index contributed by atoms with van der Waals surface area (Å²) in [7, 11) is 0. The maximum Gasteiger partial charge on any atom is 0.168 e. The lowest BCUT2D eigenvalue weighted by Gasteiger charge is -2.14. The third-order valence-corrected chi connectivity index (χ3v) is 3.99. The number of nitrogens with two attached hydrogens (primary N) is 1. The van der Waals surface area contributed by atoms with Crippen molar-refractivity contribution in [1.82, 2.24) is 0 Å². The van der Waals surface area contributed by atoms with E-state index in [0.29, 0.717) is 28.7 Å². The van der Waals surface area contributed by atoms with Crippen molar-refractivity contribution < 1.29 is 23.1 Å². The predicted octanol–water partition coefficient (Wildman–Crippen LogP) is 5.02. The minimum Gasteiger partial charge on any atom is -0.454 e. The Kier molecular flexibility index (Phi) is 4.98. The summed E-state index contributed by atoms with van der Waals surface area (Å²) >= 11 is 0. The normalized spacial score (nSPS) is 10.5. The Hall–Kier alpha value is -3.54. The number of halogens is 2. The van der Waals surface area contributed by atoms with Gasteiger partial charge in [0.05, 0.1) is 0 Å². The minimum atomic E-state index is -0.849. The number of hydrogen-bond donors (Lipinski definition) is 1. The zero-order valence-electron chi connectivity index (χ0n) is 14.3. The molecule has 2 N–H and O–H groups in total. The SMILES string of the molecule is CC(=O)c1ccc(-c2cc(N)ccc2Oc2ccc(F)cc2F)cc1C=O. The second-order valence-electron chi connectivity index (χ2n) is 5.91. The summed E-state index contributed by atoms with van der Waals surface area (Å²) in [4.78, 5) is 23.0. The molecule has 0 spiro atoms. The van der Waals surface area contributed by atoms with Crippen LogP contribution < -0.4 is 10.5 Å². The van der Waals surface area contributed by atoms with E-state index in [0.717, 1.165) is 12.1 Å². The van der Waals surface area contributed by atoms with E-state index >= 15 is 0 Å². The van der Waals surface area contributed by atoms with Gasteiger partial charge in [0.15, 0.2) is 23.6 Å². The number of aldehydes is 1. The fourth-order valence-electron chi connectivity index (χ4n) is 2.69. The highest BCUT2D eigenvalue weighted by Gasteiger charge is 2.14. The molecule has 136 valence electrons. The lowest BCUT2D eigenvalue weighted by molar-refractivity contribution is 0.101. The zero-order chi connectivity index (χ0) is 19.6. The Labute approximate surface area is 154 Å². The van der Waals surface area contributed by atoms with Crippen LogP contribution >= 0.6 is 0 Å². The maximum absolute atomic E-state index is 13.9. The van der Waals surface area contributed by atoms with Gasteiger partial charge in [-0.2, -0.15) is 0 Å². The highest BCUT2D eigenvalue weighted by Crippen LogP contribution is 2.36. The first-order valence-electron chi connectivity index (χ1n) is 8.02. The van der Waals surface area contributed by atoms with Crippen LogP contribution in [0.2, 0.25) is 0 Å². The molecule has 3 rings (SSSR count). The summed E-state index contributed by atoms with van der Waals surface area (Å²) in [6.07, 6.45) is 0.590. The average molecular weight is 367 g/mol. The second kappa shape index (κ2) is 7.37. The van der Waals surface area contributed by atoms with Gasteiger partial charge in [-0.15, -0.1) is 0 Å². The molecule has 0 heterocycles. The number of carbonyl (C=O) groups is 2. The van der Waals surface area contributed by atoms with Gasteiger partial charge in [-0.05, 0) is 48.9 Å². The molecule has 0 aliphatic rings. The molecule has 0 saturated carbocycles. The smallest absolute Gasteiger partial charge is 0.168 e. The van der Waals surface area contributed by atoms with Crippen molar-refractivity contribution >= 4 is 17.8 Å². The van der Waals surface area contributed by atoms with Crippen LogP contribution in [0, 0.1) is 11.6 Å². The van der Waals surface area contributed by atoms with Crippen molar-refractivity contribution in [3.05, 3.63) is 77.4 Å². The molecular formula is C21H15F2NO3. The molecule has 0 fully saturated rings. The second-order valence-corrected chi connectivity index (χ2v) is 5.91. The van der Waals surface area contributed by atoms with E-state index < -0.39 is 11.6 Å². The molecule has 6 heteroatoms. The van der Waals surface area contributed by atoms with Crippen molar-refractivity contribution in [2.45, 2.75) is 6.92 Å². The quantitative estimate of drug-likeness (QED) is 0.390. The number of carbonyl (C=O) groups excluding carboxylic acids is 2. The Bertz CT molecular complexity index is 1050. The van der Waals surface area contributed by atoms with E-state index in [9.17, 15) is 18.4 Å². The van der Waals surface area contributed by atoms with Crippen LogP contribution in [-0.4, -0.2) is 12.1 Å². The number of nitrogen functional groups attached to an aromatic ring is 1. The van der Waals surface area contributed by atoms with Crippen LogP contribution in [-0.2, 0) is 0 Å². The van der Waals surface area contributed by atoms with Gasteiger partial charge in [-0.3, -0.25) is 9.59 Å². The summed E-state index contributed by atoms with van der Waals surface area (Å²) in [5, 5.41) is 0. The van der Waals surface area contributed by atoms with Crippen molar-refractivity contribution in [3.63, 3.8) is 0 Å². The van der Waals surface area contributed by atoms with Crippen LogP contribution in [0.4, 0.5) is 14.5 Å². The predicted molar refractivity (Wildman–Crippen MR) is 98.1 cm³/mol. The molecule has 27 heavy (non-hydrogen) atoms. The first kappa shape index (κ1) is 18.3. The van der Waals surface area contributed by atoms with E-state index in [1.54, 1.807) is 24.3 Å². The van der Waals surface area contributed by atoms with Gasteiger partial charge in [0.1, 0.15) is 11.6 Å². The number of rotatable bonds is 5. The molecule has 0 aliphatic carbocycles. The Morgan fingerprint density at radius 1 is 1.00 bits per heavy atom. The largest absolute Gasteiger partial charge is 0.454 e. The van der Waals surface area contributed by atoms with Gasteiger partial charge in [0.2, 0.25) is 0 Å². The van der Waals surface area contributed by atoms with Gasteiger partial charge >= 0.3 is 0 Å². The average Bonchev–Trinajstić information content (AvgIpc) is 2.64. The van der Waals surface area contributed by atoms with Gasteiger partial charge < -0.3 is 10.5 Å². The van der Waals surface area contributed by atoms with Crippen molar-refractivity contribution in [1.29, 1.82) is 0 Å². The number of Topliss-reactive ketones (excluding diaryl/α,β-unsaturated/α-hetero) is 1. The Morgan fingerprint density at radius 2 is 1.74 bits per heavy atom. The van der Waals surface area contributed by atoms with Crippen molar-refractivity contribution in [2.24, 2.45) is 0 Å². The van der Waals surface area contributed by atoms with Gasteiger partial charge in [0, 0.05) is 28.4 Å². The van der Waals surface area contributed by atoms with Gasteiger partial charge in [-0.1, -0.05) is 12.1 Å². The number of benzene rings is 3. The van der Waals surface area contributed by atoms with Gasteiger partial charge in [-0.25, -0.2) is 8.78 Å². The zero-order valence-corrected chi connectivity index (χ0v) is 14.3. The molecular weight excluding hydrogens is 352 g/mol. The molecule has 3 aromatic carbocycles. The first-order chi connectivity index (χ1) is 12.9. The summed E-state index contributed by atoms with van der Waals surface area (Å²) in [6, 6.07) is 12.4. The van der Waals surface area contributed by atoms with E-state index in [2.05, 4.69) is 0 Å². The number of ketones is 1. The van der Waals surface area contributed by atoms with Crippen LogP contribution in [0.15, 0.2) is 54.6 Å². The van der Waals surface area contributed by atoms with Gasteiger partial charge in [0.25, 0.3) is 0 Å². The number of anilines is 1. The standard InChI is InChI=1S/C21H15F2NO3/c1-12(26)17-5-2-13(8-14(17)11-25)18-10-16(24)4-7-20(18)27-21-6-3-15(22)9-19(21)23/h2-11H,24H2,1H3. The van der Waals surface area contributed by atoms with Crippen LogP contribution in [0.5, 0.6) is 11.5 Å². The van der Waals surface area contributed by atoms with Crippen LogP contribution in [0.1, 0.15) is 27.6 Å². The highest BCUT2D eigenvalue weighted by atomic mass is 19.1. The molecule has 3 aromatic rings. The Balaban J connectivity index is 2.09. The fourth-order valence-corrected chi connectivity index (χ4v) is 2.69. The maximum atomic E-state index is 13.9. The highest BCUT2D eigenvalue weighted by molar-refractivity contribution is 6.02. The molecule has 0 radical (unpaired) electrons. The van der Waals surface area contributed by atoms with Crippen molar-refractivity contribution in [3.8, 4) is 22.6 Å². The van der Waals surface area contributed by atoms with E-state index in [4.69, 9.17) is 10.5 Å². The summed E-state index contributed by atoms with van der Waals surface area (Å²) in [5.74, 6) is -1.69. The lowest BCUT2D eigenvalue weighted by Crippen LogP contribution is -2.00. The Morgan fingerprint density at radius 3 is 2.41 bits per heavy atom. The minimum absolute atomic E-state index is 0.154. The number of hydrogen-bond acceptors (Lipinski definition) is 4. The topological polar surface area (TPSA) is 69.4 Å². The van der Waals surface area contributed by atoms with Crippen molar-refractivity contribution in [2.75, 3.05) is 5.73 Å². The number of ether oxygens (including phenoxy) is 1. The van der Waals surface area contributed by atoms with Crippen LogP contribution in [0.3, 0.4) is 0 Å². The summed E-state index contributed by atoms with van der Waals surface area (Å²) in [5.41, 5.74) is 7.86. The van der Waals surface area contributed by atoms with E-state index in [1.165, 1.54) is 25.1 Å². The molecule has 0 unspecified atom stereocenters. The molecule has 0 amide bonds. The van der Waals surface area contributed by atoms with E-state index in [-0.39, 0.29) is 22.8 Å². The fraction of sp³-hybridized carbons (Fsp3) is 0.0476. The molecule has 0 saturated heterocycles. The lowest BCUT2D eigenvalue weighted by atomic mass is 9.97. The third kappa shape index (κ3) is 3.84. The molecule has 0 bridgehead atoms. The molecule has 4 nitrogen and oxygen atoms in total. The monoisotopic (exact) mass is 367 g/mol. The summed E-state index contributed by atoms with van der Waals surface area (Å²) < 4.78 is 32.6.